The number of rotatable bonds is 8. The molecule has 1 atom stereocenters. The number of hydrogen-bond acceptors (Lipinski definition) is 6. The first-order valence-electron chi connectivity index (χ1n) is 12.0. The summed E-state index contributed by atoms with van der Waals surface area (Å²) in [5, 5.41) is 10.7. The van der Waals surface area contributed by atoms with Crippen LogP contribution in [-0.2, 0) is 14.8 Å². The standard InChI is InChI=1S/C25H31FN4O5S/c26-22-6-8-23(9-7-22)27-14-16-29(17-15-27)36(34,35)18-24(30(33)19-31)20-10-12-28(13-11-20)25(32)21-4-2-1-3-5-21/h1-9,19-20,24,33H,10-18H2. The molecule has 9 nitrogen and oxygen atoms in total. The zero-order valence-electron chi connectivity index (χ0n) is 19.9. The van der Waals surface area contributed by atoms with Gasteiger partial charge in [-0.25, -0.2) is 17.9 Å². The van der Waals surface area contributed by atoms with Crippen LogP contribution < -0.4 is 4.90 Å². The SMILES string of the molecule is O=CN(O)C(CS(=O)(=O)N1CCN(c2ccc(F)cc2)CC1)C1CCN(C(=O)c2ccccc2)CC1. The Balaban J connectivity index is 1.36. The van der Waals surface area contributed by atoms with Crippen molar-refractivity contribution in [2.45, 2.75) is 18.9 Å². The molecule has 2 saturated heterocycles. The molecule has 11 heteroatoms. The van der Waals surface area contributed by atoms with Gasteiger partial charge in [-0.15, -0.1) is 0 Å². The molecule has 4 rings (SSSR count). The predicted octanol–water partition coefficient (Wildman–Crippen LogP) is 2.05. The maximum absolute atomic E-state index is 13.2. The lowest BCUT2D eigenvalue weighted by molar-refractivity contribution is -0.164. The summed E-state index contributed by atoms with van der Waals surface area (Å²) >= 11 is 0. The van der Waals surface area contributed by atoms with Crippen molar-refractivity contribution in [1.82, 2.24) is 14.3 Å². The fourth-order valence-electron chi connectivity index (χ4n) is 4.95. The number of likely N-dealkylation sites (tertiary alicyclic amines) is 1. The summed E-state index contributed by atoms with van der Waals surface area (Å²) < 4.78 is 41.1. The number of anilines is 1. The first kappa shape index (κ1) is 26.1. The molecule has 2 aliphatic rings. The van der Waals surface area contributed by atoms with Crippen LogP contribution in [0.5, 0.6) is 0 Å². The first-order valence-corrected chi connectivity index (χ1v) is 13.6. The minimum Gasteiger partial charge on any atom is -0.369 e. The molecule has 0 bridgehead atoms. The van der Waals surface area contributed by atoms with Gasteiger partial charge in [0.15, 0.2) is 0 Å². The number of halogens is 1. The molecule has 2 fully saturated rings. The van der Waals surface area contributed by atoms with E-state index in [2.05, 4.69) is 0 Å². The monoisotopic (exact) mass is 518 g/mol. The van der Waals surface area contributed by atoms with Gasteiger partial charge in [0.1, 0.15) is 5.82 Å². The highest BCUT2D eigenvalue weighted by molar-refractivity contribution is 7.89. The molecular formula is C25H31FN4O5S. The molecular weight excluding hydrogens is 487 g/mol. The van der Waals surface area contributed by atoms with E-state index in [0.717, 1.165) is 5.69 Å². The lowest BCUT2D eigenvalue weighted by Gasteiger charge is -2.39. The molecule has 2 amide bonds. The van der Waals surface area contributed by atoms with E-state index in [1.165, 1.54) is 16.4 Å². The number of sulfonamides is 1. The van der Waals surface area contributed by atoms with Crippen molar-refractivity contribution in [3.8, 4) is 0 Å². The number of benzene rings is 2. The van der Waals surface area contributed by atoms with Crippen molar-refractivity contribution in [3.63, 3.8) is 0 Å². The van der Waals surface area contributed by atoms with Crippen LogP contribution >= 0.6 is 0 Å². The van der Waals surface area contributed by atoms with Crippen molar-refractivity contribution >= 4 is 28.0 Å². The maximum atomic E-state index is 13.2. The highest BCUT2D eigenvalue weighted by Gasteiger charge is 2.37. The Morgan fingerprint density at radius 2 is 1.61 bits per heavy atom. The number of hydrogen-bond donors (Lipinski definition) is 1. The fraction of sp³-hybridized carbons (Fsp3) is 0.440. The van der Waals surface area contributed by atoms with Crippen LogP contribution in [0, 0.1) is 11.7 Å². The molecule has 0 spiro atoms. The van der Waals surface area contributed by atoms with Crippen LogP contribution in [0.15, 0.2) is 54.6 Å². The molecule has 0 aliphatic carbocycles. The van der Waals surface area contributed by atoms with E-state index < -0.39 is 21.8 Å². The summed E-state index contributed by atoms with van der Waals surface area (Å²) in [6.45, 7) is 2.24. The molecule has 2 aromatic carbocycles. The van der Waals surface area contributed by atoms with Gasteiger partial charge in [0, 0.05) is 50.5 Å². The maximum Gasteiger partial charge on any atom is 0.253 e. The third-order valence-electron chi connectivity index (χ3n) is 7.04. The van der Waals surface area contributed by atoms with E-state index in [0.29, 0.717) is 49.6 Å². The number of hydroxylamine groups is 2. The molecule has 0 saturated carbocycles. The normalized spacial score (nSPS) is 18.6. The number of carbonyl (C=O) groups excluding carboxylic acids is 2. The van der Waals surface area contributed by atoms with Crippen LogP contribution in [0.25, 0.3) is 0 Å². The van der Waals surface area contributed by atoms with Crippen LogP contribution in [-0.4, -0.2) is 91.3 Å². The Hall–Kier alpha value is -3.02. The number of piperidine rings is 1. The molecule has 36 heavy (non-hydrogen) atoms. The van der Waals surface area contributed by atoms with Gasteiger partial charge in [0.25, 0.3) is 5.91 Å². The smallest absolute Gasteiger partial charge is 0.253 e. The summed E-state index contributed by atoms with van der Waals surface area (Å²) in [6, 6.07) is 14.1. The molecule has 2 aromatic rings. The van der Waals surface area contributed by atoms with E-state index in [-0.39, 0.29) is 37.1 Å². The predicted molar refractivity (Wildman–Crippen MR) is 133 cm³/mol. The van der Waals surface area contributed by atoms with Crippen LogP contribution in [0.4, 0.5) is 10.1 Å². The van der Waals surface area contributed by atoms with Gasteiger partial charge in [0.05, 0.1) is 11.8 Å². The molecule has 0 radical (unpaired) electrons. The number of amides is 2. The van der Waals surface area contributed by atoms with Gasteiger partial charge in [-0.2, -0.15) is 4.31 Å². The van der Waals surface area contributed by atoms with Gasteiger partial charge >= 0.3 is 0 Å². The second-order valence-corrected chi connectivity index (χ2v) is 11.2. The van der Waals surface area contributed by atoms with Gasteiger partial charge in [-0.3, -0.25) is 14.8 Å². The lowest BCUT2D eigenvalue weighted by atomic mass is 9.90. The van der Waals surface area contributed by atoms with Crippen molar-refractivity contribution in [1.29, 1.82) is 0 Å². The topological polar surface area (TPSA) is 101 Å². The Morgan fingerprint density at radius 3 is 2.19 bits per heavy atom. The quantitative estimate of drug-likeness (QED) is 0.326. The fourth-order valence-corrected chi connectivity index (χ4v) is 6.74. The Kier molecular flexibility index (Phi) is 8.22. The molecule has 2 heterocycles. The minimum absolute atomic E-state index is 0.0894. The van der Waals surface area contributed by atoms with Crippen molar-refractivity contribution in [3.05, 3.63) is 66.0 Å². The van der Waals surface area contributed by atoms with Crippen LogP contribution in [0.2, 0.25) is 0 Å². The van der Waals surface area contributed by atoms with Gasteiger partial charge < -0.3 is 9.80 Å². The van der Waals surface area contributed by atoms with Crippen molar-refractivity contribution in [2.24, 2.45) is 5.92 Å². The van der Waals surface area contributed by atoms with Gasteiger partial charge in [-0.05, 0) is 55.2 Å². The minimum atomic E-state index is -3.77. The summed E-state index contributed by atoms with van der Waals surface area (Å²) in [5.41, 5.74) is 1.41. The first-order chi connectivity index (χ1) is 17.3. The summed E-state index contributed by atoms with van der Waals surface area (Å²) in [6.07, 6.45) is 1.19. The molecule has 0 aromatic heterocycles. The number of nitrogens with zero attached hydrogens (tertiary/aromatic N) is 4. The summed E-state index contributed by atoms with van der Waals surface area (Å²) in [5.74, 6) is -1.08. The highest BCUT2D eigenvalue weighted by Crippen LogP contribution is 2.27. The third kappa shape index (κ3) is 6.03. The second kappa shape index (κ2) is 11.4. The van der Waals surface area contributed by atoms with Gasteiger partial charge in [-0.1, -0.05) is 18.2 Å². The summed E-state index contributed by atoms with van der Waals surface area (Å²) in [4.78, 5) is 27.8. The van der Waals surface area contributed by atoms with E-state index in [1.54, 1.807) is 41.3 Å². The largest absolute Gasteiger partial charge is 0.369 e. The average Bonchev–Trinajstić information content (AvgIpc) is 2.92. The average molecular weight is 519 g/mol. The van der Waals surface area contributed by atoms with E-state index in [9.17, 15) is 27.6 Å². The van der Waals surface area contributed by atoms with E-state index >= 15 is 0 Å². The second-order valence-electron chi connectivity index (χ2n) is 9.19. The number of piperazine rings is 1. The lowest BCUT2D eigenvalue weighted by Crippen LogP contribution is -2.53. The zero-order valence-corrected chi connectivity index (χ0v) is 20.8. The zero-order chi connectivity index (χ0) is 25.7. The Bertz CT molecular complexity index is 1130. The van der Waals surface area contributed by atoms with Crippen molar-refractivity contribution < 1.29 is 27.6 Å². The van der Waals surface area contributed by atoms with Crippen molar-refractivity contribution in [2.75, 3.05) is 49.9 Å². The molecule has 2 aliphatic heterocycles. The summed E-state index contributed by atoms with van der Waals surface area (Å²) in [7, 11) is -3.77. The number of carbonyl (C=O) groups is 2. The molecule has 194 valence electrons. The highest BCUT2D eigenvalue weighted by atomic mass is 32.2. The van der Waals surface area contributed by atoms with Gasteiger partial charge in [0.2, 0.25) is 16.4 Å². The molecule has 1 unspecified atom stereocenters. The third-order valence-corrected chi connectivity index (χ3v) is 8.96. The van der Waals surface area contributed by atoms with Crippen LogP contribution in [0.3, 0.4) is 0 Å². The van der Waals surface area contributed by atoms with E-state index in [1.807, 2.05) is 11.0 Å². The Morgan fingerprint density at radius 1 is 1.00 bits per heavy atom. The van der Waals surface area contributed by atoms with E-state index in [4.69, 9.17) is 0 Å². The Labute approximate surface area is 210 Å². The molecule has 1 N–H and O–H groups in total. The van der Waals surface area contributed by atoms with Crippen LogP contribution in [0.1, 0.15) is 23.2 Å².